The first-order valence-electron chi connectivity index (χ1n) is 6.46. The summed E-state index contributed by atoms with van der Waals surface area (Å²) in [7, 11) is 1.63. The lowest BCUT2D eigenvalue weighted by Gasteiger charge is -2.20. The molecule has 0 radical (unpaired) electrons. The molecular weight excluding hydrogens is 334 g/mol. The minimum atomic E-state index is -0.621. The maximum absolute atomic E-state index is 12.3. The van der Waals surface area contributed by atoms with Crippen molar-refractivity contribution >= 4 is 27.8 Å². The van der Waals surface area contributed by atoms with Crippen molar-refractivity contribution in [1.29, 1.82) is 0 Å². The van der Waals surface area contributed by atoms with Crippen molar-refractivity contribution in [3.8, 4) is 5.75 Å². The molecule has 6 heteroatoms. The van der Waals surface area contributed by atoms with E-state index in [1.807, 2.05) is 31.2 Å². The summed E-state index contributed by atoms with van der Waals surface area (Å²) in [5.41, 5.74) is 1.08. The van der Waals surface area contributed by atoms with Crippen LogP contribution in [0.5, 0.6) is 5.75 Å². The first-order valence-corrected chi connectivity index (χ1v) is 7.25. The highest BCUT2D eigenvalue weighted by Crippen LogP contribution is 2.16. The number of carbonyl (C=O) groups is 1. The van der Waals surface area contributed by atoms with Gasteiger partial charge in [0.25, 0.3) is 5.91 Å². The summed E-state index contributed by atoms with van der Waals surface area (Å²) in [4.78, 5) is 21.9. The Bertz CT molecular complexity index is 631. The van der Waals surface area contributed by atoms with Crippen LogP contribution >= 0.6 is 15.9 Å². The van der Waals surface area contributed by atoms with Crippen LogP contribution in [0.4, 0.5) is 5.95 Å². The Kier molecular flexibility index (Phi) is 4.90. The fourth-order valence-corrected chi connectivity index (χ4v) is 2.00. The number of hydrogen-bond donors (Lipinski definition) is 0. The summed E-state index contributed by atoms with van der Waals surface area (Å²) in [6.45, 7) is 3.68. The van der Waals surface area contributed by atoms with Crippen molar-refractivity contribution in [1.82, 2.24) is 9.97 Å². The smallest absolute Gasteiger partial charge is 0.269 e. The van der Waals surface area contributed by atoms with Crippen LogP contribution in [0.25, 0.3) is 0 Å². The third-order valence-corrected chi connectivity index (χ3v) is 3.30. The first kappa shape index (κ1) is 15.4. The molecule has 0 aliphatic heterocycles. The van der Waals surface area contributed by atoms with Crippen LogP contribution in [0, 0.1) is 6.92 Å². The van der Waals surface area contributed by atoms with Crippen LogP contribution in [0.1, 0.15) is 12.5 Å². The van der Waals surface area contributed by atoms with Crippen LogP contribution in [-0.4, -0.2) is 29.0 Å². The van der Waals surface area contributed by atoms with Crippen molar-refractivity contribution in [3.63, 3.8) is 0 Å². The van der Waals surface area contributed by atoms with E-state index in [2.05, 4.69) is 25.9 Å². The number of rotatable bonds is 4. The average molecular weight is 350 g/mol. The lowest BCUT2D eigenvalue weighted by Crippen LogP contribution is -2.38. The molecule has 0 aliphatic carbocycles. The molecule has 2 aromatic rings. The topological polar surface area (TPSA) is 55.3 Å². The van der Waals surface area contributed by atoms with Gasteiger partial charge in [-0.3, -0.25) is 9.69 Å². The largest absolute Gasteiger partial charge is 0.481 e. The van der Waals surface area contributed by atoms with Gasteiger partial charge in [0.1, 0.15) is 5.75 Å². The SMILES string of the molecule is Cc1cccc(O[C@H](C)C(=O)N(C)c2ncc(Br)cn2)c1. The summed E-state index contributed by atoms with van der Waals surface area (Å²) in [5.74, 6) is 0.794. The summed E-state index contributed by atoms with van der Waals surface area (Å²) in [5, 5.41) is 0. The Balaban J connectivity index is 2.06. The van der Waals surface area contributed by atoms with Gasteiger partial charge in [0, 0.05) is 19.4 Å². The van der Waals surface area contributed by atoms with Crippen LogP contribution in [0.3, 0.4) is 0 Å². The van der Waals surface area contributed by atoms with Gasteiger partial charge >= 0.3 is 0 Å². The Morgan fingerprint density at radius 2 is 2.00 bits per heavy atom. The zero-order chi connectivity index (χ0) is 15.4. The Morgan fingerprint density at radius 3 is 2.62 bits per heavy atom. The molecule has 0 spiro atoms. The molecule has 1 heterocycles. The zero-order valence-electron chi connectivity index (χ0n) is 12.1. The number of aromatic nitrogens is 2. The van der Waals surface area contributed by atoms with Gasteiger partial charge in [0.05, 0.1) is 4.47 Å². The van der Waals surface area contributed by atoms with Crippen molar-refractivity contribution in [3.05, 3.63) is 46.7 Å². The number of nitrogens with zero attached hydrogens (tertiary/aromatic N) is 3. The van der Waals surface area contributed by atoms with E-state index in [4.69, 9.17) is 4.74 Å². The van der Waals surface area contributed by atoms with Gasteiger partial charge < -0.3 is 4.74 Å². The highest BCUT2D eigenvalue weighted by Gasteiger charge is 2.22. The zero-order valence-corrected chi connectivity index (χ0v) is 13.7. The van der Waals surface area contributed by atoms with E-state index in [1.54, 1.807) is 26.4 Å². The molecule has 0 aliphatic rings. The Morgan fingerprint density at radius 1 is 1.33 bits per heavy atom. The third kappa shape index (κ3) is 4.01. The second-order valence-electron chi connectivity index (χ2n) is 4.68. The number of aryl methyl sites for hydroxylation is 1. The van der Waals surface area contributed by atoms with E-state index in [-0.39, 0.29) is 5.91 Å². The Hall–Kier alpha value is -1.95. The summed E-state index contributed by atoms with van der Waals surface area (Å²) < 4.78 is 6.43. The van der Waals surface area contributed by atoms with E-state index in [1.165, 1.54) is 4.90 Å². The fraction of sp³-hybridized carbons (Fsp3) is 0.267. The molecule has 0 unspecified atom stereocenters. The second-order valence-corrected chi connectivity index (χ2v) is 5.59. The number of likely N-dealkylation sites (N-methyl/N-ethyl adjacent to an activating group) is 1. The van der Waals surface area contributed by atoms with Crippen molar-refractivity contribution in [2.45, 2.75) is 20.0 Å². The predicted molar refractivity (Wildman–Crippen MR) is 84.4 cm³/mol. The van der Waals surface area contributed by atoms with E-state index >= 15 is 0 Å². The average Bonchev–Trinajstić information content (AvgIpc) is 2.46. The molecule has 21 heavy (non-hydrogen) atoms. The summed E-state index contributed by atoms with van der Waals surface area (Å²) >= 11 is 3.26. The maximum Gasteiger partial charge on any atom is 0.269 e. The molecule has 0 saturated carbocycles. The first-order chi connectivity index (χ1) is 9.97. The standard InChI is InChI=1S/C15H16BrN3O2/c1-10-5-4-6-13(7-10)21-11(2)14(20)19(3)15-17-8-12(16)9-18-15/h4-9,11H,1-3H3/t11-/m1/s1. The van der Waals surface area contributed by atoms with Gasteiger partial charge in [0.15, 0.2) is 6.10 Å². The van der Waals surface area contributed by atoms with Crippen molar-refractivity contribution < 1.29 is 9.53 Å². The highest BCUT2D eigenvalue weighted by molar-refractivity contribution is 9.10. The van der Waals surface area contributed by atoms with Crippen LogP contribution in [0.2, 0.25) is 0 Å². The van der Waals surface area contributed by atoms with Crippen molar-refractivity contribution in [2.24, 2.45) is 0 Å². The molecule has 5 nitrogen and oxygen atoms in total. The number of benzene rings is 1. The monoisotopic (exact) mass is 349 g/mol. The van der Waals surface area contributed by atoms with Crippen LogP contribution in [-0.2, 0) is 4.79 Å². The molecule has 0 fully saturated rings. The number of hydrogen-bond acceptors (Lipinski definition) is 4. The highest BCUT2D eigenvalue weighted by atomic mass is 79.9. The van der Waals surface area contributed by atoms with Gasteiger partial charge in [-0.05, 0) is 47.5 Å². The lowest BCUT2D eigenvalue weighted by atomic mass is 10.2. The molecule has 1 amide bonds. The molecule has 110 valence electrons. The lowest BCUT2D eigenvalue weighted by molar-refractivity contribution is -0.124. The number of amides is 1. The van der Waals surface area contributed by atoms with Gasteiger partial charge in [-0.2, -0.15) is 0 Å². The maximum atomic E-state index is 12.3. The van der Waals surface area contributed by atoms with E-state index in [9.17, 15) is 4.79 Å². The van der Waals surface area contributed by atoms with Crippen LogP contribution < -0.4 is 9.64 Å². The van der Waals surface area contributed by atoms with Gasteiger partial charge in [-0.15, -0.1) is 0 Å². The minimum Gasteiger partial charge on any atom is -0.481 e. The van der Waals surface area contributed by atoms with Crippen molar-refractivity contribution in [2.75, 3.05) is 11.9 Å². The minimum absolute atomic E-state index is 0.209. The molecular formula is C15H16BrN3O2. The van der Waals surface area contributed by atoms with E-state index in [0.717, 1.165) is 10.0 Å². The second kappa shape index (κ2) is 6.67. The van der Waals surface area contributed by atoms with E-state index < -0.39 is 6.10 Å². The number of carbonyl (C=O) groups excluding carboxylic acids is 1. The molecule has 1 aromatic carbocycles. The number of anilines is 1. The summed E-state index contributed by atoms with van der Waals surface area (Å²) in [6.07, 6.45) is 2.57. The molecule has 1 atom stereocenters. The van der Waals surface area contributed by atoms with E-state index in [0.29, 0.717) is 11.7 Å². The molecule has 1 aromatic heterocycles. The molecule has 2 rings (SSSR count). The third-order valence-electron chi connectivity index (χ3n) is 2.89. The molecule has 0 saturated heterocycles. The fourth-order valence-electron chi connectivity index (χ4n) is 1.79. The molecule has 0 N–H and O–H groups in total. The quantitative estimate of drug-likeness (QED) is 0.851. The van der Waals surface area contributed by atoms with Gasteiger partial charge in [-0.25, -0.2) is 9.97 Å². The normalized spacial score (nSPS) is 11.8. The van der Waals surface area contributed by atoms with Crippen LogP contribution in [0.15, 0.2) is 41.1 Å². The Labute approximate surface area is 132 Å². The predicted octanol–water partition coefficient (Wildman–Crippen LogP) is 2.98. The summed E-state index contributed by atoms with van der Waals surface area (Å²) in [6, 6.07) is 7.58. The molecule has 0 bridgehead atoms. The number of halogens is 1. The van der Waals surface area contributed by atoms with Gasteiger partial charge in [-0.1, -0.05) is 12.1 Å². The number of ether oxygens (including phenoxy) is 1. The van der Waals surface area contributed by atoms with Gasteiger partial charge in [0.2, 0.25) is 5.95 Å².